The third-order valence-corrected chi connectivity index (χ3v) is 6.08. The highest BCUT2D eigenvalue weighted by molar-refractivity contribution is 5.99. The van der Waals surface area contributed by atoms with E-state index in [1.807, 2.05) is 24.3 Å². The van der Waals surface area contributed by atoms with Crippen molar-refractivity contribution in [3.63, 3.8) is 0 Å². The number of urea groups is 1. The van der Waals surface area contributed by atoms with Gasteiger partial charge in [-0.25, -0.2) is 9.59 Å². The number of benzene rings is 2. The third-order valence-electron chi connectivity index (χ3n) is 6.08. The number of aromatic carboxylic acids is 1. The molecule has 1 aliphatic heterocycles. The minimum Gasteiger partial charge on any atom is -0.478 e. The molecular weight excluding hydrogens is 444 g/mol. The molecule has 3 amide bonds. The molecule has 0 unspecified atom stereocenters. The molecule has 2 heterocycles. The number of hydrogen-bond acceptors (Lipinski definition) is 4. The van der Waals surface area contributed by atoms with E-state index >= 15 is 0 Å². The second-order valence-electron chi connectivity index (χ2n) is 8.87. The molecule has 0 spiro atoms. The van der Waals surface area contributed by atoms with Crippen LogP contribution in [0.2, 0.25) is 0 Å². The van der Waals surface area contributed by atoms with Crippen molar-refractivity contribution in [3.8, 4) is 11.3 Å². The Morgan fingerprint density at radius 3 is 2.40 bits per heavy atom. The Labute approximate surface area is 204 Å². The van der Waals surface area contributed by atoms with Gasteiger partial charge in [-0.15, -0.1) is 0 Å². The first-order valence-electron chi connectivity index (χ1n) is 11.6. The van der Waals surface area contributed by atoms with Crippen molar-refractivity contribution in [2.24, 2.45) is 0 Å². The highest BCUT2D eigenvalue weighted by Crippen LogP contribution is 2.23. The molecule has 8 nitrogen and oxygen atoms in total. The number of carboxylic acids is 1. The van der Waals surface area contributed by atoms with Crippen LogP contribution in [0.4, 0.5) is 16.2 Å². The summed E-state index contributed by atoms with van der Waals surface area (Å²) in [6, 6.07) is 16.8. The summed E-state index contributed by atoms with van der Waals surface area (Å²) in [5, 5.41) is 14.9. The van der Waals surface area contributed by atoms with E-state index in [9.17, 15) is 19.5 Å². The maximum Gasteiger partial charge on any atom is 0.335 e. The first kappa shape index (κ1) is 23.9. The van der Waals surface area contributed by atoms with E-state index in [1.54, 1.807) is 35.2 Å². The Morgan fingerprint density at radius 1 is 1.00 bits per heavy atom. The van der Waals surface area contributed by atoms with Crippen LogP contribution in [0.25, 0.3) is 11.3 Å². The molecule has 2 aromatic carbocycles. The Morgan fingerprint density at radius 2 is 1.74 bits per heavy atom. The summed E-state index contributed by atoms with van der Waals surface area (Å²) in [6.07, 6.45) is 2.85. The first-order valence-corrected chi connectivity index (χ1v) is 11.6. The fraction of sp³-hybridized carbons (Fsp3) is 0.259. The lowest BCUT2D eigenvalue weighted by molar-refractivity contribution is -0.119. The molecule has 0 saturated carbocycles. The van der Waals surface area contributed by atoms with Crippen LogP contribution in [0.15, 0.2) is 66.9 Å². The van der Waals surface area contributed by atoms with Gasteiger partial charge in [0.2, 0.25) is 5.91 Å². The summed E-state index contributed by atoms with van der Waals surface area (Å²) in [6.45, 7) is 4.73. The highest BCUT2D eigenvalue weighted by atomic mass is 16.4. The van der Waals surface area contributed by atoms with Crippen LogP contribution in [-0.2, 0) is 4.79 Å². The molecular formula is C27H28N4O4. The van der Waals surface area contributed by atoms with E-state index in [2.05, 4.69) is 29.5 Å². The number of amides is 3. The van der Waals surface area contributed by atoms with Crippen LogP contribution >= 0.6 is 0 Å². The van der Waals surface area contributed by atoms with Crippen molar-refractivity contribution in [3.05, 3.63) is 78.0 Å². The number of carboxylic acid groups (broad SMARTS) is 1. The Kier molecular flexibility index (Phi) is 7.10. The average Bonchev–Trinajstić information content (AvgIpc) is 3.35. The molecule has 0 radical (unpaired) electrons. The number of hydrogen-bond donors (Lipinski definition) is 3. The average molecular weight is 473 g/mol. The van der Waals surface area contributed by atoms with E-state index < -0.39 is 12.0 Å². The number of pyridine rings is 1. The first-order chi connectivity index (χ1) is 16.8. The number of rotatable bonds is 6. The largest absolute Gasteiger partial charge is 0.478 e. The normalized spacial score (nSPS) is 15.2. The molecule has 180 valence electrons. The molecule has 1 saturated heterocycles. The monoisotopic (exact) mass is 472 g/mol. The molecule has 1 fully saturated rings. The molecule has 3 N–H and O–H groups in total. The molecule has 8 heteroatoms. The molecule has 1 atom stereocenters. The maximum atomic E-state index is 13.0. The predicted molar refractivity (Wildman–Crippen MR) is 135 cm³/mol. The number of aromatic nitrogens is 1. The van der Waals surface area contributed by atoms with Gasteiger partial charge < -0.3 is 20.6 Å². The lowest BCUT2D eigenvalue weighted by Gasteiger charge is -2.24. The fourth-order valence-corrected chi connectivity index (χ4v) is 4.10. The number of carbonyl (C=O) groups is 3. The Bertz CT molecular complexity index is 1220. The van der Waals surface area contributed by atoms with Gasteiger partial charge in [0.1, 0.15) is 6.04 Å². The molecule has 3 aromatic rings. The van der Waals surface area contributed by atoms with Crippen LogP contribution in [0.5, 0.6) is 0 Å². The van der Waals surface area contributed by atoms with Crippen LogP contribution in [0.3, 0.4) is 0 Å². The van der Waals surface area contributed by atoms with E-state index in [0.29, 0.717) is 41.5 Å². The summed E-state index contributed by atoms with van der Waals surface area (Å²) < 4.78 is 0. The summed E-state index contributed by atoms with van der Waals surface area (Å²) in [5.74, 6) is -0.867. The molecule has 1 aromatic heterocycles. The summed E-state index contributed by atoms with van der Waals surface area (Å²) >= 11 is 0. The smallest absolute Gasteiger partial charge is 0.335 e. The van der Waals surface area contributed by atoms with E-state index in [1.165, 1.54) is 17.8 Å². The van der Waals surface area contributed by atoms with Crippen LogP contribution in [0, 0.1) is 0 Å². The van der Waals surface area contributed by atoms with Gasteiger partial charge in [0, 0.05) is 17.8 Å². The van der Waals surface area contributed by atoms with Crippen LogP contribution in [0.1, 0.15) is 48.5 Å². The standard InChI is InChI=1S/C27H28N4O4/c1-17(2)18-8-10-21(11-9-18)30-27(35)31-14-4-7-24(31)25(32)29-22-12-13-23(28-16-22)19-5-3-6-20(15-19)26(33)34/h3,5-6,8-13,15-17,24H,4,7,14H2,1-2H3,(H,29,32)(H,30,35)(H,33,34)/t24-/m1/s1. The number of nitrogens with zero attached hydrogens (tertiary/aromatic N) is 2. The van der Waals surface area contributed by atoms with Gasteiger partial charge >= 0.3 is 12.0 Å². The number of carbonyl (C=O) groups excluding carboxylic acids is 2. The van der Waals surface area contributed by atoms with E-state index in [0.717, 1.165) is 6.42 Å². The van der Waals surface area contributed by atoms with Gasteiger partial charge in [0.15, 0.2) is 0 Å². The minimum absolute atomic E-state index is 0.178. The topological polar surface area (TPSA) is 112 Å². The summed E-state index contributed by atoms with van der Waals surface area (Å²) in [4.78, 5) is 42.9. The zero-order chi connectivity index (χ0) is 24.9. The molecule has 0 bridgehead atoms. The van der Waals surface area contributed by atoms with Crippen molar-refractivity contribution in [1.29, 1.82) is 0 Å². The van der Waals surface area contributed by atoms with Gasteiger partial charge in [-0.3, -0.25) is 9.78 Å². The van der Waals surface area contributed by atoms with Gasteiger partial charge in [-0.2, -0.15) is 0 Å². The van der Waals surface area contributed by atoms with Crippen molar-refractivity contribution in [2.45, 2.75) is 38.6 Å². The second-order valence-corrected chi connectivity index (χ2v) is 8.87. The minimum atomic E-state index is -1.01. The van der Waals surface area contributed by atoms with E-state index in [4.69, 9.17) is 0 Å². The van der Waals surface area contributed by atoms with Gasteiger partial charge in [-0.05, 0) is 60.7 Å². The van der Waals surface area contributed by atoms with Crippen molar-refractivity contribution in [2.75, 3.05) is 17.2 Å². The molecule has 4 rings (SSSR count). The van der Waals surface area contributed by atoms with Crippen molar-refractivity contribution >= 4 is 29.3 Å². The maximum absolute atomic E-state index is 13.0. The lowest BCUT2D eigenvalue weighted by atomic mass is 10.0. The highest BCUT2D eigenvalue weighted by Gasteiger charge is 2.34. The van der Waals surface area contributed by atoms with E-state index in [-0.39, 0.29) is 17.5 Å². The summed E-state index contributed by atoms with van der Waals surface area (Å²) in [5.41, 5.74) is 3.83. The number of anilines is 2. The Hall–Kier alpha value is -4.20. The zero-order valence-corrected chi connectivity index (χ0v) is 19.7. The summed E-state index contributed by atoms with van der Waals surface area (Å²) in [7, 11) is 0. The van der Waals surface area contributed by atoms with Crippen molar-refractivity contribution < 1.29 is 19.5 Å². The Balaban J connectivity index is 1.39. The van der Waals surface area contributed by atoms with Crippen LogP contribution < -0.4 is 10.6 Å². The van der Waals surface area contributed by atoms with Gasteiger partial charge in [0.25, 0.3) is 0 Å². The zero-order valence-electron chi connectivity index (χ0n) is 19.7. The van der Waals surface area contributed by atoms with Gasteiger partial charge in [-0.1, -0.05) is 38.1 Å². The van der Waals surface area contributed by atoms with Gasteiger partial charge in [0.05, 0.1) is 23.1 Å². The quantitative estimate of drug-likeness (QED) is 0.456. The lowest BCUT2D eigenvalue weighted by Crippen LogP contribution is -2.45. The number of likely N-dealkylation sites (tertiary alicyclic amines) is 1. The SMILES string of the molecule is CC(C)c1ccc(NC(=O)N2CCC[C@@H]2C(=O)Nc2ccc(-c3cccc(C(=O)O)c3)nc2)cc1. The number of nitrogens with one attached hydrogen (secondary N) is 2. The molecule has 0 aliphatic carbocycles. The second kappa shape index (κ2) is 10.4. The fourth-order valence-electron chi connectivity index (χ4n) is 4.10. The van der Waals surface area contributed by atoms with Crippen molar-refractivity contribution in [1.82, 2.24) is 9.88 Å². The third kappa shape index (κ3) is 5.66. The molecule has 35 heavy (non-hydrogen) atoms. The predicted octanol–water partition coefficient (Wildman–Crippen LogP) is 5.21. The van der Waals surface area contributed by atoms with Crippen LogP contribution in [-0.4, -0.2) is 45.5 Å². The molecule has 1 aliphatic rings.